The lowest BCUT2D eigenvalue weighted by atomic mass is 10.3. The molecule has 0 unspecified atom stereocenters. The van der Waals surface area contributed by atoms with E-state index in [1.165, 1.54) is 0 Å². The Hall–Kier alpha value is -3.90. The summed E-state index contributed by atoms with van der Waals surface area (Å²) in [6.07, 6.45) is 3.16. The Bertz CT molecular complexity index is 947. The van der Waals surface area contributed by atoms with Gasteiger partial charge in [0.15, 0.2) is 11.6 Å². The first-order valence-electron chi connectivity index (χ1n) is 7.84. The summed E-state index contributed by atoms with van der Waals surface area (Å²) in [4.78, 5) is 8.56. The molecule has 0 amide bonds. The Morgan fingerprint density at radius 3 is 1.56 bits per heavy atom. The fourth-order valence-corrected chi connectivity index (χ4v) is 2.25. The van der Waals surface area contributed by atoms with Crippen molar-refractivity contribution in [3.05, 3.63) is 36.7 Å². The molecule has 0 N–H and O–H groups in total. The molecule has 0 aliphatic rings. The topological polar surface area (TPSA) is 131 Å². The summed E-state index contributed by atoms with van der Waals surface area (Å²) in [5, 5.41) is 22.5. The van der Waals surface area contributed by atoms with Crippen LogP contribution in [0.5, 0.6) is 11.5 Å². The van der Waals surface area contributed by atoms with Gasteiger partial charge in [0.1, 0.15) is 22.9 Å². The lowest BCUT2D eigenvalue weighted by Gasteiger charge is -2.07. The van der Waals surface area contributed by atoms with E-state index in [-0.39, 0.29) is 7.69 Å². The number of rotatable bonds is 6. The molecule has 134 valence electrons. The van der Waals surface area contributed by atoms with Gasteiger partial charge in [-0.2, -0.15) is 0 Å². The highest BCUT2D eigenvalue weighted by molar-refractivity contribution is 6.20. The van der Waals surface area contributed by atoms with Gasteiger partial charge in [-0.15, -0.1) is 10.2 Å². The standard InChI is InChI=1S/C14H13BN10O2/c1-24-13(18-20-22-24)11-5-3-9(7-16-11)26-15-27-10-4-6-12(17-8-10)14-19-21-23-25(14)2/h3-8,15H,1-2H3. The molecule has 4 aromatic heterocycles. The van der Waals surface area contributed by atoms with Crippen molar-refractivity contribution in [2.75, 3.05) is 0 Å². The molecule has 0 aliphatic carbocycles. The molecule has 4 aromatic rings. The van der Waals surface area contributed by atoms with Crippen molar-refractivity contribution in [1.82, 2.24) is 50.4 Å². The summed E-state index contributed by atoms with van der Waals surface area (Å²) in [5.74, 6) is 2.26. The minimum absolute atomic E-state index is 0.0130. The second-order valence-corrected chi connectivity index (χ2v) is 5.42. The van der Waals surface area contributed by atoms with Crippen molar-refractivity contribution >= 4 is 7.69 Å². The molecule has 4 heterocycles. The van der Waals surface area contributed by atoms with E-state index in [0.29, 0.717) is 34.5 Å². The molecule has 0 fully saturated rings. The number of nitrogens with zero attached hydrogens (tertiary/aromatic N) is 10. The van der Waals surface area contributed by atoms with E-state index in [4.69, 9.17) is 9.31 Å². The first-order chi connectivity index (χ1) is 13.2. The van der Waals surface area contributed by atoms with Gasteiger partial charge in [-0.1, -0.05) is 0 Å². The average molecular weight is 364 g/mol. The van der Waals surface area contributed by atoms with Crippen LogP contribution in [0.15, 0.2) is 36.7 Å². The molecule has 0 bridgehead atoms. The Morgan fingerprint density at radius 2 is 1.22 bits per heavy atom. The van der Waals surface area contributed by atoms with Crippen LogP contribution in [-0.4, -0.2) is 58.1 Å². The molecular formula is C14H13BN10O2. The maximum absolute atomic E-state index is 5.53. The molecule has 13 heteroatoms. The fraction of sp³-hybridized carbons (Fsp3) is 0.143. The van der Waals surface area contributed by atoms with E-state index in [9.17, 15) is 0 Å². The quantitative estimate of drug-likeness (QED) is 0.416. The number of hydrogen-bond acceptors (Lipinski definition) is 10. The van der Waals surface area contributed by atoms with Gasteiger partial charge in [0.25, 0.3) is 0 Å². The number of aryl methyl sites for hydroxylation is 2. The zero-order chi connectivity index (χ0) is 18.6. The molecule has 4 rings (SSSR count). The predicted molar refractivity (Wildman–Crippen MR) is 92.5 cm³/mol. The Kier molecular flexibility index (Phi) is 4.39. The lowest BCUT2D eigenvalue weighted by molar-refractivity contribution is 0.456. The van der Waals surface area contributed by atoms with Crippen LogP contribution >= 0.6 is 0 Å². The molecule has 0 saturated carbocycles. The van der Waals surface area contributed by atoms with Gasteiger partial charge in [0.05, 0.1) is 12.4 Å². The van der Waals surface area contributed by atoms with E-state index < -0.39 is 0 Å². The summed E-state index contributed by atoms with van der Waals surface area (Å²) >= 11 is 0. The van der Waals surface area contributed by atoms with Crippen LogP contribution in [0.4, 0.5) is 0 Å². The fourth-order valence-electron chi connectivity index (χ4n) is 2.25. The van der Waals surface area contributed by atoms with Crippen LogP contribution in [0.25, 0.3) is 23.0 Å². The second-order valence-electron chi connectivity index (χ2n) is 5.42. The van der Waals surface area contributed by atoms with Crippen LogP contribution in [0.2, 0.25) is 0 Å². The molecule has 0 aliphatic heterocycles. The molecule has 0 atom stereocenters. The van der Waals surface area contributed by atoms with E-state index in [1.807, 2.05) is 0 Å². The van der Waals surface area contributed by atoms with Gasteiger partial charge < -0.3 is 9.31 Å². The predicted octanol–water partition coefficient (Wildman–Crippen LogP) is -0.418. The Balaban J connectivity index is 1.33. The number of hydrogen-bond donors (Lipinski definition) is 0. The van der Waals surface area contributed by atoms with Crippen LogP contribution in [-0.2, 0) is 14.1 Å². The summed E-state index contributed by atoms with van der Waals surface area (Å²) in [6, 6.07) is 7.07. The van der Waals surface area contributed by atoms with Gasteiger partial charge in [-0.25, -0.2) is 19.3 Å². The van der Waals surface area contributed by atoms with Crippen molar-refractivity contribution in [3.63, 3.8) is 0 Å². The minimum atomic E-state index is 0.0130. The van der Waals surface area contributed by atoms with Crippen LogP contribution < -0.4 is 9.31 Å². The smallest absolute Gasteiger partial charge is 0.527 e. The monoisotopic (exact) mass is 364 g/mol. The Labute approximate surface area is 153 Å². The number of aromatic nitrogens is 10. The second kappa shape index (κ2) is 7.15. The zero-order valence-electron chi connectivity index (χ0n) is 14.5. The molecule has 0 spiro atoms. The van der Waals surface area contributed by atoms with E-state index in [0.717, 1.165) is 0 Å². The van der Waals surface area contributed by atoms with Gasteiger partial charge in [0, 0.05) is 14.1 Å². The molecule has 0 aromatic carbocycles. The maximum atomic E-state index is 5.53. The highest BCUT2D eigenvalue weighted by atomic mass is 16.6. The Morgan fingerprint density at radius 1 is 0.741 bits per heavy atom. The number of tetrazole rings is 2. The summed E-state index contributed by atoms with van der Waals surface area (Å²) < 4.78 is 14.1. The first-order valence-corrected chi connectivity index (χ1v) is 7.84. The highest BCUT2D eigenvalue weighted by Crippen LogP contribution is 2.18. The number of pyridine rings is 2. The van der Waals surface area contributed by atoms with Crippen molar-refractivity contribution in [1.29, 1.82) is 0 Å². The van der Waals surface area contributed by atoms with Crippen molar-refractivity contribution < 1.29 is 9.31 Å². The molecule has 0 saturated heterocycles. The van der Waals surface area contributed by atoms with Gasteiger partial charge >= 0.3 is 7.69 Å². The van der Waals surface area contributed by atoms with Crippen LogP contribution in [0, 0.1) is 0 Å². The van der Waals surface area contributed by atoms with Crippen LogP contribution in [0.1, 0.15) is 0 Å². The summed E-state index contributed by atoms with van der Waals surface area (Å²) in [5.41, 5.74) is 1.29. The van der Waals surface area contributed by atoms with E-state index >= 15 is 0 Å². The van der Waals surface area contributed by atoms with Gasteiger partial charge in [-0.05, 0) is 45.1 Å². The third-order valence-electron chi connectivity index (χ3n) is 3.62. The molecular weight excluding hydrogens is 351 g/mol. The van der Waals surface area contributed by atoms with Crippen LogP contribution in [0.3, 0.4) is 0 Å². The van der Waals surface area contributed by atoms with Crippen molar-refractivity contribution in [2.24, 2.45) is 14.1 Å². The van der Waals surface area contributed by atoms with E-state index in [1.54, 1.807) is 60.1 Å². The maximum Gasteiger partial charge on any atom is 0.576 e. The van der Waals surface area contributed by atoms with Crippen molar-refractivity contribution in [2.45, 2.75) is 0 Å². The van der Waals surface area contributed by atoms with Crippen molar-refractivity contribution in [3.8, 4) is 34.5 Å². The third kappa shape index (κ3) is 3.56. The average Bonchev–Trinajstić information content (AvgIpc) is 3.31. The normalized spacial score (nSPS) is 10.6. The largest absolute Gasteiger partial charge is 0.576 e. The molecule has 27 heavy (non-hydrogen) atoms. The SMILES string of the molecule is Cn1nnnc1-c1ccc(OBOc2ccc(-c3nnnn3C)nc2)cn1. The first kappa shape index (κ1) is 16.6. The summed E-state index contributed by atoms with van der Waals surface area (Å²) in [6.45, 7) is 0. The van der Waals surface area contributed by atoms with Gasteiger partial charge in [-0.3, -0.25) is 0 Å². The highest BCUT2D eigenvalue weighted by Gasteiger charge is 2.09. The minimum Gasteiger partial charge on any atom is -0.527 e. The molecule has 12 nitrogen and oxygen atoms in total. The summed E-state index contributed by atoms with van der Waals surface area (Å²) in [7, 11) is 3.50. The lowest BCUT2D eigenvalue weighted by Crippen LogP contribution is -2.11. The zero-order valence-corrected chi connectivity index (χ0v) is 14.5. The van der Waals surface area contributed by atoms with E-state index in [2.05, 4.69) is 41.0 Å². The molecule has 0 radical (unpaired) electrons. The third-order valence-corrected chi connectivity index (χ3v) is 3.62. The van der Waals surface area contributed by atoms with Gasteiger partial charge in [0.2, 0.25) is 0 Å².